The Morgan fingerprint density at radius 3 is 2.79 bits per heavy atom. The summed E-state index contributed by atoms with van der Waals surface area (Å²) < 4.78 is 17.7. The Bertz CT molecular complexity index is 1410. The van der Waals surface area contributed by atoms with Crippen LogP contribution in [0.1, 0.15) is 22.5 Å². The number of rotatable bonds is 4. The summed E-state index contributed by atoms with van der Waals surface area (Å²) in [6, 6.07) is 13.9. The molecule has 1 saturated heterocycles. The molecule has 0 saturated carbocycles. The van der Waals surface area contributed by atoms with Crippen molar-refractivity contribution in [2.24, 2.45) is 7.05 Å². The first-order chi connectivity index (χ1) is 16.0. The minimum atomic E-state index is -0.636. The van der Waals surface area contributed by atoms with Crippen LogP contribution in [0.4, 0.5) is 4.39 Å². The smallest absolute Gasteiger partial charge is 0.274 e. The zero-order valence-electron chi connectivity index (χ0n) is 18.3. The number of hydrogen-bond acceptors (Lipinski definition) is 5. The zero-order chi connectivity index (χ0) is 23.1. The average Bonchev–Trinajstić information content (AvgIpc) is 3.55. The molecule has 1 N–H and O–H groups in total. The summed E-state index contributed by atoms with van der Waals surface area (Å²) in [5.74, 6) is -0.798. The van der Waals surface area contributed by atoms with E-state index in [-0.39, 0.29) is 23.2 Å². The molecule has 9 heteroatoms. The van der Waals surface area contributed by atoms with Crippen molar-refractivity contribution < 1.29 is 9.18 Å². The topological polar surface area (TPSA) is 91.8 Å². The molecular formula is C24H22FN7O. The number of benzene rings is 2. The van der Waals surface area contributed by atoms with Gasteiger partial charge in [-0.3, -0.25) is 9.48 Å². The maximum atomic E-state index is 14.4. The van der Waals surface area contributed by atoms with Crippen LogP contribution in [-0.2, 0) is 7.05 Å². The maximum Gasteiger partial charge on any atom is 0.274 e. The van der Waals surface area contributed by atoms with Crippen molar-refractivity contribution in [3.05, 3.63) is 65.7 Å². The molecule has 2 aromatic heterocycles. The third-order valence-electron chi connectivity index (χ3n) is 6.04. The van der Waals surface area contributed by atoms with Crippen LogP contribution in [0.3, 0.4) is 0 Å². The number of nitrogens with zero attached hydrogens (tertiary/aromatic N) is 6. The van der Waals surface area contributed by atoms with Gasteiger partial charge < -0.3 is 10.2 Å². The predicted octanol–water partition coefficient (Wildman–Crippen LogP) is 2.87. The summed E-state index contributed by atoms with van der Waals surface area (Å²) in [5.41, 5.74) is 3.00. The summed E-state index contributed by atoms with van der Waals surface area (Å²) in [7, 11) is 3.74. The Labute approximate surface area is 189 Å². The Morgan fingerprint density at radius 2 is 2.06 bits per heavy atom. The number of carbonyl (C=O) groups excluding carboxylic acids is 1. The van der Waals surface area contributed by atoms with Crippen LogP contribution < -0.4 is 5.32 Å². The largest absolute Gasteiger partial charge is 0.336 e. The van der Waals surface area contributed by atoms with Gasteiger partial charge in [0.25, 0.3) is 5.91 Å². The number of halogens is 1. The standard InChI is InChI=1S/C24H22FN7O/c1-27-18-7-8-31(14-18)24(33)22-11-23(15-4-6-21-17(9-15)13-30(2)28-21)32(29-22)19-5-3-16(12-26)20(25)10-19/h3-6,9-11,13,18,27H,7-8,14H2,1-2H3/t18-/m0/s1. The van der Waals surface area contributed by atoms with Gasteiger partial charge in [0.2, 0.25) is 0 Å². The molecule has 0 radical (unpaired) electrons. The van der Waals surface area contributed by atoms with Crippen molar-refractivity contribution in [1.29, 1.82) is 5.26 Å². The van der Waals surface area contributed by atoms with Gasteiger partial charge in [-0.05, 0) is 43.8 Å². The van der Waals surface area contributed by atoms with Crippen molar-refractivity contribution >= 4 is 16.8 Å². The summed E-state index contributed by atoms with van der Waals surface area (Å²) >= 11 is 0. The van der Waals surface area contributed by atoms with E-state index in [0.29, 0.717) is 24.5 Å². The predicted molar refractivity (Wildman–Crippen MR) is 121 cm³/mol. The summed E-state index contributed by atoms with van der Waals surface area (Å²) in [4.78, 5) is 15.0. The fourth-order valence-corrected chi connectivity index (χ4v) is 4.27. The van der Waals surface area contributed by atoms with E-state index >= 15 is 0 Å². The molecule has 0 bridgehead atoms. The quantitative estimate of drug-likeness (QED) is 0.524. The fourth-order valence-electron chi connectivity index (χ4n) is 4.27. The number of likely N-dealkylation sites (N-methyl/N-ethyl adjacent to an activating group) is 1. The van der Waals surface area contributed by atoms with E-state index in [1.807, 2.05) is 44.6 Å². The number of carbonyl (C=O) groups is 1. The van der Waals surface area contributed by atoms with E-state index in [0.717, 1.165) is 22.9 Å². The second kappa shape index (κ2) is 8.15. The number of nitrogens with one attached hydrogen (secondary N) is 1. The monoisotopic (exact) mass is 443 g/mol. The number of nitriles is 1. The van der Waals surface area contributed by atoms with Crippen LogP contribution in [0, 0.1) is 17.1 Å². The molecule has 1 atom stereocenters. The van der Waals surface area contributed by atoms with Gasteiger partial charge in [-0.15, -0.1) is 0 Å². The SMILES string of the molecule is CN[C@H]1CCN(C(=O)c2cc(-c3ccc4nn(C)cc4c3)n(-c3ccc(C#N)c(F)c3)n2)C1. The van der Waals surface area contributed by atoms with E-state index in [9.17, 15) is 9.18 Å². The van der Waals surface area contributed by atoms with E-state index in [1.54, 1.807) is 26.4 Å². The fraction of sp³-hybridized carbons (Fsp3) is 0.250. The molecular weight excluding hydrogens is 421 g/mol. The van der Waals surface area contributed by atoms with Crippen molar-refractivity contribution in [2.75, 3.05) is 20.1 Å². The van der Waals surface area contributed by atoms with Gasteiger partial charge in [0.15, 0.2) is 5.69 Å². The lowest BCUT2D eigenvalue weighted by atomic mass is 10.1. The molecule has 1 aliphatic rings. The van der Waals surface area contributed by atoms with Gasteiger partial charge in [-0.25, -0.2) is 9.07 Å². The summed E-state index contributed by atoms with van der Waals surface area (Å²) in [6.45, 7) is 1.27. The average molecular weight is 443 g/mol. The van der Waals surface area contributed by atoms with E-state index in [4.69, 9.17) is 5.26 Å². The van der Waals surface area contributed by atoms with Crippen LogP contribution in [0.5, 0.6) is 0 Å². The molecule has 166 valence electrons. The molecule has 0 unspecified atom stereocenters. The lowest BCUT2D eigenvalue weighted by Gasteiger charge is -2.14. The number of likely N-dealkylation sites (tertiary alicyclic amines) is 1. The van der Waals surface area contributed by atoms with Gasteiger partial charge in [-0.2, -0.15) is 15.5 Å². The molecule has 3 heterocycles. The molecule has 2 aromatic carbocycles. The lowest BCUT2D eigenvalue weighted by Crippen LogP contribution is -2.33. The number of amides is 1. The van der Waals surface area contributed by atoms with E-state index in [1.165, 1.54) is 12.1 Å². The first kappa shape index (κ1) is 20.8. The molecule has 1 amide bonds. The van der Waals surface area contributed by atoms with Crippen molar-refractivity contribution in [1.82, 2.24) is 29.8 Å². The molecule has 33 heavy (non-hydrogen) atoms. The normalized spacial score (nSPS) is 15.8. The van der Waals surface area contributed by atoms with Gasteiger partial charge in [0, 0.05) is 49.4 Å². The minimum Gasteiger partial charge on any atom is -0.336 e. The summed E-state index contributed by atoms with van der Waals surface area (Å²) in [6.07, 6.45) is 2.80. The third kappa shape index (κ3) is 3.75. The van der Waals surface area contributed by atoms with E-state index in [2.05, 4.69) is 15.5 Å². The Hall–Kier alpha value is -4.03. The first-order valence-corrected chi connectivity index (χ1v) is 10.7. The molecule has 0 spiro atoms. The lowest BCUT2D eigenvalue weighted by molar-refractivity contribution is 0.0783. The number of aromatic nitrogens is 4. The highest BCUT2D eigenvalue weighted by Gasteiger charge is 2.28. The molecule has 1 aliphatic heterocycles. The van der Waals surface area contributed by atoms with Crippen LogP contribution in [0.2, 0.25) is 0 Å². The molecule has 1 fully saturated rings. The molecule has 4 aromatic rings. The van der Waals surface area contributed by atoms with Crippen molar-refractivity contribution in [3.63, 3.8) is 0 Å². The van der Waals surface area contributed by atoms with Gasteiger partial charge in [0.1, 0.15) is 11.9 Å². The van der Waals surface area contributed by atoms with Crippen LogP contribution in [0.15, 0.2) is 48.7 Å². The molecule has 5 rings (SSSR count). The second-order valence-corrected chi connectivity index (χ2v) is 8.20. The molecule has 0 aliphatic carbocycles. The van der Waals surface area contributed by atoms with Crippen LogP contribution in [0.25, 0.3) is 27.8 Å². The highest BCUT2D eigenvalue weighted by Crippen LogP contribution is 2.28. The Balaban J connectivity index is 1.62. The zero-order valence-corrected chi connectivity index (χ0v) is 18.3. The van der Waals surface area contributed by atoms with Gasteiger partial charge in [-0.1, -0.05) is 6.07 Å². The molecule has 8 nitrogen and oxygen atoms in total. The van der Waals surface area contributed by atoms with Gasteiger partial charge >= 0.3 is 0 Å². The van der Waals surface area contributed by atoms with E-state index < -0.39 is 5.82 Å². The second-order valence-electron chi connectivity index (χ2n) is 8.20. The van der Waals surface area contributed by atoms with Gasteiger partial charge in [0.05, 0.1) is 22.5 Å². The highest BCUT2D eigenvalue weighted by molar-refractivity contribution is 5.94. The third-order valence-corrected chi connectivity index (χ3v) is 6.04. The van der Waals surface area contributed by atoms with Crippen molar-refractivity contribution in [2.45, 2.75) is 12.5 Å². The van der Waals surface area contributed by atoms with Crippen LogP contribution in [-0.4, -0.2) is 56.5 Å². The number of aryl methyl sites for hydroxylation is 1. The highest BCUT2D eigenvalue weighted by atomic mass is 19.1. The maximum absolute atomic E-state index is 14.4. The Kier molecular flexibility index (Phi) is 5.15. The number of fused-ring (bicyclic) bond motifs is 1. The first-order valence-electron chi connectivity index (χ1n) is 10.7. The minimum absolute atomic E-state index is 0.0456. The Morgan fingerprint density at radius 1 is 1.21 bits per heavy atom. The van der Waals surface area contributed by atoms with Crippen molar-refractivity contribution in [3.8, 4) is 23.0 Å². The summed E-state index contributed by atoms with van der Waals surface area (Å²) in [5, 5.41) is 22.2. The number of hydrogen-bond donors (Lipinski definition) is 1. The van der Waals surface area contributed by atoms with Crippen LogP contribution >= 0.6 is 0 Å².